The highest BCUT2D eigenvalue weighted by atomic mass is 15.3. The number of nitrogens with one attached hydrogen (secondary N) is 1. The molecule has 102 valence electrons. The predicted molar refractivity (Wildman–Crippen MR) is 78.3 cm³/mol. The fourth-order valence-electron chi connectivity index (χ4n) is 2.08. The van der Waals surface area contributed by atoms with E-state index in [9.17, 15) is 0 Å². The largest absolute Gasteiger partial charge is 0.379 e. The second kappa shape index (κ2) is 5.61. The van der Waals surface area contributed by atoms with Crippen molar-refractivity contribution in [2.24, 2.45) is 7.05 Å². The minimum atomic E-state index is 0.773. The standard InChI is InChI=1S/C15H17N5/c1-19-15(7-9-17-19)11-16-14-5-3-13(4-6-14)12-20-10-2-8-18-20/h2-10,16H,11-12H2,1H3. The fraction of sp³-hybridized carbons (Fsp3) is 0.200. The smallest absolute Gasteiger partial charge is 0.0659 e. The van der Waals surface area contributed by atoms with Gasteiger partial charge in [0.1, 0.15) is 0 Å². The van der Waals surface area contributed by atoms with Gasteiger partial charge < -0.3 is 5.32 Å². The van der Waals surface area contributed by atoms with E-state index in [1.807, 2.05) is 40.9 Å². The number of aromatic nitrogens is 4. The van der Waals surface area contributed by atoms with Crippen LogP contribution in [0.3, 0.4) is 0 Å². The summed E-state index contributed by atoms with van der Waals surface area (Å²) >= 11 is 0. The topological polar surface area (TPSA) is 47.7 Å². The molecule has 0 spiro atoms. The van der Waals surface area contributed by atoms with Crippen LogP contribution in [0.25, 0.3) is 0 Å². The summed E-state index contributed by atoms with van der Waals surface area (Å²) in [6, 6.07) is 12.4. The number of anilines is 1. The zero-order valence-corrected chi connectivity index (χ0v) is 11.4. The molecule has 0 aliphatic rings. The van der Waals surface area contributed by atoms with Crippen molar-refractivity contribution in [1.29, 1.82) is 0 Å². The summed E-state index contributed by atoms with van der Waals surface area (Å²) in [6.45, 7) is 1.57. The number of benzene rings is 1. The molecule has 0 saturated heterocycles. The summed E-state index contributed by atoms with van der Waals surface area (Å²) < 4.78 is 3.79. The van der Waals surface area contributed by atoms with Crippen molar-refractivity contribution in [3.63, 3.8) is 0 Å². The number of hydrogen-bond acceptors (Lipinski definition) is 3. The van der Waals surface area contributed by atoms with Gasteiger partial charge >= 0.3 is 0 Å². The molecule has 0 amide bonds. The third kappa shape index (κ3) is 2.88. The van der Waals surface area contributed by atoms with Gasteiger partial charge in [-0.05, 0) is 29.8 Å². The molecule has 0 bridgehead atoms. The first-order chi connectivity index (χ1) is 9.81. The molecular weight excluding hydrogens is 250 g/mol. The average molecular weight is 267 g/mol. The lowest BCUT2D eigenvalue weighted by Gasteiger charge is -2.08. The summed E-state index contributed by atoms with van der Waals surface area (Å²) in [5.41, 5.74) is 3.50. The second-order valence-electron chi connectivity index (χ2n) is 4.70. The lowest BCUT2D eigenvalue weighted by Crippen LogP contribution is -2.05. The lowest BCUT2D eigenvalue weighted by atomic mass is 10.2. The van der Waals surface area contributed by atoms with E-state index in [0.29, 0.717) is 0 Å². The summed E-state index contributed by atoms with van der Waals surface area (Å²) in [5, 5.41) is 11.7. The molecule has 2 heterocycles. The Kier molecular flexibility index (Phi) is 3.50. The van der Waals surface area contributed by atoms with Crippen LogP contribution in [0.4, 0.5) is 5.69 Å². The van der Waals surface area contributed by atoms with E-state index >= 15 is 0 Å². The minimum absolute atomic E-state index is 0.773. The zero-order valence-electron chi connectivity index (χ0n) is 11.4. The number of aryl methyl sites for hydroxylation is 1. The summed E-state index contributed by atoms with van der Waals surface area (Å²) in [6.07, 6.45) is 5.57. The molecule has 0 unspecified atom stereocenters. The van der Waals surface area contributed by atoms with Crippen LogP contribution in [0.5, 0.6) is 0 Å². The fourth-order valence-corrected chi connectivity index (χ4v) is 2.08. The van der Waals surface area contributed by atoms with Gasteiger partial charge in [0.15, 0.2) is 0 Å². The van der Waals surface area contributed by atoms with E-state index in [4.69, 9.17) is 0 Å². The van der Waals surface area contributed by atoms with Crippen LogP contribution in [0, 0.1) is 0 Å². The van der Waals surface area contributed by atoms with Crippen LogP contribution in [-0.4, -0.2) is 19.6 Å². The first-order valence-electron chi connectivity index (χ1n) is 6.58. The number of rotatable bonds is 5. The Balaban J connectivity index is 1.60. The second-order valence-corrected chi connectivity index (χ2v) is 4.70. The summed E-state index contributed by atoms with van der Waals surface area (Å²) in [4.78, 5) is 0. The molecule has 0 aliphatic heterocycles. The van der Waals surface area contributed by atoms with Crippen LogP contribution < -0.4 is 5.32 Å². The molecule has 0 radical (unpaired) electrons. The van der Waals surface area contributed by atoms with Crippen molar-refractivity contribution in [3.8, 4) is 0 Å². The van der Waals surface area contributed by atoms with Gasteiger partial charge in [0, 0.05) is 31.3 Å². The molecule has 2 aromatic heterocycles. The van der Waals surface area contributed by atoms with Crippen molar-refractivity contribution >= 4 is 5.69 Å². The maximum atomic E-state index is 4.21. The van der Waals surface area contributed by atoms with E-state index in [0.717, 1.165) is 24.5 Å². The molecule has 0 fully saturated rings. The van der Waals surface area contributed by atoms with E-state index in [-0.39, 0.29) is 0 Å². The van der Waals surface area contributed by atoms with E-state index < -0.39 is 0 Å². The first-order valence-corrected chi connectivity index (χ1v) is 6.58. The molecule has 0 atom stereocenters. The monoisotopic (exact) mass is 267 g/mol. The van der Waals surface area contributed by atoms with Crippen molar-refractivity contribution in [1.82, 2.24) is 19.6 Å². The predicted octanol–water partition coefficient (Wildman–Crippen LogP) is 2.28. The normalized spacial score (nSPS) is 10.7. The van der Waals surface area contributed by atoms with E-state index in [1.165, 1.54) is 5.56 Å². The lowest BCUT2D eigenvalue weighted by molar-refractivity contribution is 0.687. The molecule has 5 heteroatoms. The van der Waals surface area contributed by atoms with E-state index in [1.54, 1.807) is 6.20 Å². The van der Waals surface area contributed by atoms with Crippen LogP contribution >= 0.6 is 0 Å². The Labute approximate surface area is 117 Å². The molecule has 3 aromatic rings. The molecule has 20 heavy (non-hydrogen) atoms. The van der Waals surface area contributed by atoms with Crippen molar-refractivity contribution in [2.75, 3.05) is 5.32 Å². The van der Waals surface area contributed by atoms with Gasteiger partial charge in [-0.15, -0.1) is 0 Å². The summed E-state index contributed by atoms with van der Waals surface area (Å²) in [7, 11) is 1.95. The molecular formula is C15H17N5. The van der Waals surface area contributed by atoms with Crippen molar-refractivity contribution < 1.29 is 0 Å². The van der Waals surface area contributed by atoms with Gasteiger partial charge in [-0.3, -0.25) is 9.36 Å². The Bertz CT molecular complexity index is 652. The molecule has 3 rings (SSSR count). The van der Waals surface area contributed by atoms with Gasteiger partial charge in [-0.25, -0.2) is 0 Å². The van der Waals surface area contributed by atoms with Crippen LogP contribution in [-0.2, 0) is 20.1 Å². The van der Waals surface area contributed by atoms with Gasteiger partial charge in [-0.1, -0.05) is 12.1 Å². The van der Waals surface area contributed by atoms with Gasteiger partial charge in [-0.2, -0.15) is 10.2 Å². The van der Waals surface area contributed by atoms with Crippen LogP contribution in [0.2, 0.25) is 0 Å². The molecule has 1 N–H and O–H groups in total. The van der Waals surface area contributed by atoms with Crippen LogP contribution in [0.1, 0.15) is 11.3 Å². The zero-order chi connectivity index (χ0) is 13.8. The van der Waals surface area contributed by atoms with Gasteiger partial charge in [0.2, 0.25) is 0 Å². The Morgan fingerprint density at radius 1 is 1.05 bits per heavy atom. The highest BCUT2D eigenvalue weighted by Gasteiger charge is 1.99. The number of hydrogen-bond donors (Lipinski definition) is 1. The highest BCUT2D eigenvalue weighted by Crippen LogP contribution is 2.12. The Morgan fingerprint density at radius 2 is 1.90 bits per heavy atom. The first kappa shape index (κ1) is 12.5. The molecule has 0 aliphatic carbocycles. The maximum Gasteiger partial charge on any atom is 0.0659 e. The Hall–Kier alpha value is -2.56. The van der Waals surface area contributed by atoms with Gasteiger partial charge in [0.05, 0.1) is 18.8 Å². The summed E-state index contributed by atoms with van der Waals surface area (Å²) in [5.74, 6) is 0. The quantitative estimate of drug-likeness (QED) is 0.771. The van der Waals surface area contributed by atoms with Crippen molar-refractivity contribution in [2.45, 2.75) is 13.1 Å². The van der Waals surface area contributed by atoms with Crippen molar-refractivity contribution in [3.05, 3.63) is 66.2 Å². The minimum Gasteiger partial charge on any atom is -0.379 e. The average Bonchev–Trinajstić information content (AvgIpc) is 3.10. The third-order valence-corrected chi connectivity index (χ3v) is 3.25. The number of nitrogens with zero attached hydrogens (tertiary/aromatic N) is 4. The highest BCUT2D eigenvalue weighted by molar-refractivity contribution is 5.44. The molecule has 0 saturated carbocycles. The molecule has 5 nitrogen and oxygen atoms in total. The maximum absolute atomic E-state index is 4.21. The third-order valence-electron chi connectivity index (χ3n) is 3.25. The van der Waals surface area contributed by atoms with E-state index in [2.05, 4.69) is 39.8 Å². The van der Waals surface area contributed by atoms with Gasteiger partial charge in [0.25, 0.3) is 0 Å². The Morgan fingerprint density at radius 3 is 2.55 bits per heavy atom. The SMILES string of the molecule is Cn1nccc1CNc1ccc(Cn2cccn2)cc1. The molecule has 1 aromatic carbocycles. The van der Waals surface area contributed by atoms with Crippen LogP contribution in [0.15, 0.2) is 55.0 Å².